The number of aliphatic imine (C=N–C) groups is 1. The maximum absolute atomic E-state index is 12.5. The fraction of sp³-hybridized carbons (Fsp3) is 0.514. The number of nitrogens with one attached hydrogen (secondary N) is 1. The number of phenols is 1. The monoisotopic (exact) mass is 631 g/mol. The molecule has 2 aromatic rings. The van der Waals surface area contributed by atoms with Crippen molar-refractivity contribution in [1.82, 2.24) is 0 Å². The Labute approximate surface area is 272 Å². The zero-order chi connectivity index (χ0) is 32.7. The lowest BCUT2D eigenvalue weighted by atomic mass is 9.69. The van der Waals surface area contributed by atoms with E-state index >= 15 is 0 Å². The fourth-order valence-corrected chi connectivity index (χ4v) is 7.35. The molecular weight excluding hydrogens is 580 g/mol. The van der Waals surface area contributed by atoms with Gasteiger partial charge in [0.2, 0.25) is 6.73 Å². The second kappa shape index (κ2) is 15.5. The van der Waals surface area contributed by atoms with Crippen LogP contribution in [0.1, 0.15) is 94.0 Å². The van der Waals surface area contributed by atoms with E-state index in [4.69, 9.17) is 21.2 Å². The summed E-state index contributed by atoms with van der Waals surface area (Å²) in [5.74, 6) is 0.910. The number of hydrogen-bond acceptors (Lipinski definition) is 8. The Morgan fingerprint density at radius 1 is 1.20 bits per heavy atom. The number of aliphatic hydroxyl groups excluding tert-OH is 2. The molecule has 1 saturated carbocycles. The minimum Gasteiger partial charge on any atom is -0.504 e. The molecule has 5 rings (SSSR count). The number of aromatic hydroxyl groups is 1. The van der Waals surface area contributed by atoms with Crippen molar-refractivity contribution < 1.29 is 29.8 Å². The van der Waals surface area contributed by atoms with Gasteiger partial charge in [-0.2, -0.15) is 0 Å². The van der Waals surface area contributed by atoms with Crippen molar-refractivity contribution in [3.8, 4) is 11.5 Å². The van der Waals surface area contributed by atoms with Crippen LogP contribution in [0.25, 0.3) is 0 Å². The maximum atomic E-state index is 12.5. The van der Waals surface area contributed by atoms with Crippen molar-refractivity contribution in [2.24, 2.45) is 22.4 Å². The van der Waals surface area contributed by atoms with Crippen molar-refractivity contribution in [3.05, 3.63) is 82.7 Å². The van der Waals surface area contributed by atoms with Crippen molar-refractivity contribution >= 4 is 11.5 Å². The molecule has 3 aliphatic rings. The molecule has 2 aromatic carbocycles. The van der Waals surface area contributed by atoms with Gasteiger partial charge in [-0.3, -0.25) is 14.7 Å². The van der Waals surface area contributed by atoms with Crippen molar-refractivity contribution in [2.75, 3.05) is 19.9 Å². The number of aliphatic hydroxyl groups is 2. The number of benzene rings is 2. The maximum Gasteiger partial charge on any atom is 0.227 e. The summed E-state index contributed by atoms with van der Waals surface area (Å²) in [5, 5.41) is 30.4. The molecule has 1 fully saturated rings. The zero-order valence-electron chi connectivity index (χ0n) is 27.1. The first-order valence-corrected chi connectivity index (χ1v) is 16.9. The van der Waals surface area contributed by atoms with Gasteiger partial charge in [-0.15, -0.1) is 0 Å². The number of unbranched alkanes of at least 4 members (excludes halogenated alkanes) is 2. The number of nitrogens with zero attached hydrogens (tertiary/aromatic N) is 1. The number of fused-ring (bicyclic) bond motifs is 1. The highest BCUT2D eigenvalue weighted by atomic mass is 16.5. The van der Waals surface area contributed by atoms with Crippen molar-refractivity contribution in [1.29, 1.82) is 0 Å². The van der Waals surface area contributed by atoms with E-state index in [-0.39, 0.29) is 30.0 Å². The predicted molar refractivity (Wildman–Crippen MR) is 179 cm³/mol. The summed E-state index contributed by atoms with van der Waals surface area (Å²) in [7, 11) is 0. The van der Waals surface area contributed by atoms with E-state index in [2.05, 4.69) is 25.3 Å². The first-order chi connectivity index (χ1) is 22.2. The first kappa shape index (κ1) is 34.0. The van der Waals surface area contributed by atoms with Crippen LogP contribution in [0.4, 0.5) is 0 Å². The molecular formula is C37H51N4O5+. The SMILES string of the molecule is CCCCC[C@@H](O)CC(=O)CCc1ccc(O)c(OC[NH+]2C=C3C([C@]4(c5cccc(C(N)N)c5)CC[C@H](CCO)C4)=CN=C3C2)c1. The van der Waals surface area contributed by atoms with Crippen LogP contribution in [-0.2, 0) is 16.6 Å². The number of aryl methyl sites for hydroxylation is 1. The third-order valence-electron chi connectivity index (χ3n) is 9.92. The summed E-state index contributed by atoms with van der Waals surface area (Å²) >= 11 is 0. The molecule has 46 heavy (non-hydrogen) atoms. The van der Waals surface area contributed by atoms with Gasteiger partial charge in [-0.25, -0.2) is 0 Å². The van der Waals surface area contributed by atoms with Crippen molar-refractivity contribution in [3.63, 3.8) is 0 Å². The van der Waals surface area contributed by atoms with Gasteiger partial charge in [-0.1, -0.05) is 56.5 Å². The third kappa shape index (κ3) is 7.96. The van der Waals surface area contributed by atoms with Gasteiger partial charge in [-0.05, 0) is 78.8 Å². The highest BCUT2D eigenvalue weighted by Crippen LogP contribution is 2.53. The number of rotatable bonds is 17. The van der Waals surface area contributed by atoms with Crippen molar-refractivity contribution in [2.45, 2.75) is 95.2 Å². The molecule has 0 bridgehead atoms. The zero-order valence-corrected chi connectivity index (χ0v) is 27.1. The lowest BCUT2D eigenvalue weighted by Crippen LogP contribution is -3.07. The number of hydrogen-bond donors (Lipinski definition) is 6. The molecule has 2 aliphatic heterocycles. The minimum atomic E-state index is -0.574. The summed E-state index contributed by atoms with van der Waals surface area (Å²) in [6.07, 6.45) is 11.6. The Morgan fingerprint density at radius 3 is 2.83 bits per heavy atom. The molecule has 8 N–H and O–H groups in total. The summed E-state index contributed by atoms with van der Waals surface area (Å²) in [4.78, 5) is 18.4. The number of carbonyl (C=O) groups is 1. The summed E-state index contributed by atoms with van der Waals surface area (Å²) in [6.45, 7) is 3.29. The Hall–Kier alpha value is -3.34. The highest BCUT2D eigenvalue weighted by molar-refractivity contribution is 6.08. The lowest BCUT2D eigenvalue weighted by Gasteiger charge is -2.33. The quantitative estimate of drug-likeness (QED) is 0.115. The molecule has 248 valence electrons. The van der Waals surface area contributed by atoms with Gasteiger partial charge >= 0.3 is 0 Å². The van der Waals surface area contributed by atoms with Gasteiger partial charge < -0.3 is 31.5 Å². The highest BCUT2D eigenvalue weighted by Gasteiger charge is 2.48. The fourth-order valence-electron chi connectivity index (χ4n) is 7.35. The van der Waals surface area contributed by atoms with E-state index < -0.39 is 12.3 Å². The van der Waals surface area contributed by atoms with Gasteiger partial charge in [0, 0.05) is 31.1 Å². The first-order valence-electron chi connectivity index (χ1n) is 16.9. The Bertz CT molecular complexity index is 1470. The van der Waals surface area contributed by atoms with E-state index in [1.54, 1.807) is 12.1 Å². The smallest absolute Gasteiger partial charge is 0.227 e. The average molecular weight is 632 g/mol. The number of nitrogens with two attached hydrogens (primary N) is 2. The van der Waals surface area contributed by atoms with E-state index in [1.807, 2.05) is 24.4 Å². The van der Waals surface area contributed by atoms with Crippen LogP contribution in [-0.4, -0.2) is 52.8 Å². The van der Waals surface area contributed by atoms with E-state index in [0.29, 0.717) is 44.2 Å². The molecule has 9 heteroatoms. The molecule has 0 amide bonds. The summed E-state index contributed by atoms with van der Waals surface area (Å²) in [6, 6.07) is 13.5. The molecule has 0 spiro atoms. The van der Waals surface area contributed by atoms with Gasteiger partial charge in [0.15, 0.2) is 11.5 Å². The van der Waals surface area contributed by atoms with Crippen LogP contribution < -0.4 is 21.1 Å². The molecule has 9 nitrogen and oxygen atoms in total. The van der Waals surface area contributed by atoms with Crippen LogP contribution in [0.5, 0.6) is 11.5 Å². The number of ketones is 1. The van der Waals surface area contributed by atoms with Crippen LogP contribution in [0.2, 0.25) is 0 Å². The number of phenolic OH excluding ortho intramolecular Hbond substituents is 1. The summed E-state index contributed by atoms with van der Waals surface area (Å²) < 4.78 is 6.13. The minimum absolute atomic E-state index is 0.0455. The molecule has 0 saturated heterocycles. The second-order valence-electron chi connectivity index (χ2n) is 13.3. The molecule has 1 aliphatic carbocycles. The molecule has 2 heterocycles. The average Bonchev–Trinajstić information content (AvgIpc) is 3.76. The van der Waals surface area contributed by atoms with E-state index in [0.717, 1.165) is 72.3 Å². The Balaban J connectivity index is 1.24. The topological polar surface area (TPSA) is 156 Å². The predicted octanol–water partition coefficient (Wildman–Crippen LogP) is 3.72. The molecule has 4 atom stereocenters. The van der Waals surface area contributed by atoms with Crippen LogP contribution >= 0.6 is 0 Å². The second-order valence-corrected chi connectivity index (χ2v) is 13.3. The third-order valence-corrected chi connectivity index (χ3v) is 9.92. The van der Waals surface area contributed by atoms with Gasteiger partial charge in [0.25, 0.3) is 0 Å². The molecule has 1 unspecified atom stereocenters. The number of carbonyl (C=O) groups excluding carboxylic acids is 1. The molecule has 0 aromatic heterocycles. The number of quaternary nitrogens is 1. The van der Waals surface area contributed by atoms with Crippen LogP contribution in [0.3, 0.4) is 0 Å². The number of ether oxygens (including phenoxy) is 1. The number of Topliss-reactive ketones (excluding diaryl/α,β-unsaturated/α-hetero) is 1. The standard InChI is InChI=1S/C37H50N4O5/c1-2-3-4-8-29(43)19-30(44)11-9-25-10-12-34(45)35(17-25)46-24-41-22-31-32(21-40-33(31)23-41)37(15-13-26(20-37)14-16-42)28-7-5-6-27(18-28)36(38)39/h5-7,10,12,17-18,21-22,26,29,36,42-43,45H,2-4,8-9,11,13-16,19-20,23-24,38-39H2,1H3/p+1/t26-,29-,37-/m1/s1. The van der Waals surface area contributed by atoms with Gasteiger partial charge in [0.1, 0.15) is 24.2 Å². The van der Waals surface area contributed by atoms with Gasteiger partial charge in [0.05, 0.1) is 17.8 Å². The summed E-state index contributed by atoms with van der Waals surface area (Å²) in [5.41, 5.74) is 18.2. The number of allylic oxidation sites excluding steroid dienone is 1. The molecule has 0 radical (unpaired) electrons. The van der Waals surface area contributed by atoms with E-state index in [9.17, 15) is 20.1 Å². The van der Waals surface area contributed by atoms with Crippen LogP contribution in [0.15, 0.2) is 71.0 Å². The Morgan fingerprint density at radius 2 is 2.04 bits per heavy atom. The lowest BCUT2D eigenvalue weighted by molar-refractivity contribution is -0.851. The Kier molecular flexibility index (Phi) is 11.5. The van der Waals surface area contributed by atoms with E-state index in [1.165, 1.54) is 11.1 Å². The van der Waals surface area contributed by atoms with Crippen LogP contribution in [0, 0.1) is 5.92 Å². The normalized spacial score (nSPS) is 22.9. The largest absolute Gasteiger partial charge is 0.504 e.